The smallest absolute Gasteiger partial charge is 0.422 e. The number of guanidine groups is 1. The molecule has 0 radical (unpaired) electrons. The molecular formula is C20H28F3N5O2. The van der Waals surface area contributed by atoms with Crippen LogP contribution >= 0.6 is 0 Å². The molecule has 166 valence electrons. The van der Waals surface area contributed by atoms with E-state index in [0.29, 0.717) is 43.7 Å². The molecule has 2 aromatic rings. The van der Waals surface area contributed by atoms with Crippen LogP contribution in [-0.4, -0.2) is 42.0 Å². The van der Waals surface area contributed by atoms with Crippen molar-refractivity contribution in [2.24, 2.45) is 4.99 Å². The summed E-state index contributed by atoms with van der Waals surface area (Å²) < 4.78 is 46.5. The molecule has 1 aromatic heterocycles. The van der Waals surface area contributed by atoms with Gasteiger partial charge in [-0.05, 0) is 31.0 Å². The van der Waals surface area contributed by atoms with Gasteiger partial charge >= 0.3 is 6.18 Å². The number of nitrogens with zero attached hydrogens (tertiary/aromatic N) is 3. The molecule has 1 heterocycles. The molecular weight excluding hydrogens is 399 g/mol. The lowest BCUT2D eigenvalue weighted by Gasteiger charge is -2.11. The van der Waals surface area contributed by atoms with Crippen molar-refractivity contribution in [1.82, 2.24) is 20.8 Å². The zero-order valence-corrected chi connectivity index (χ0v) is 17.4. The predicted octanol–water partition coefficient (Wildman–Crippen LogP) is 3.82. The van der Waals surface area contributed by atoms with Crippen LogP contribution in [0.3, 0.4) is 0 Å². The summed E-state index contributed by atoms with van der Waals surface area (Å²) >= 11 is 0. The molecule has 0 fully saturated rings. The molecule has 0 spiro atoms. The number of aliphatic imine (C=N–C) groups is 1. The first kappa shape index (κ1) is 23.5. The van der Waals surface area contributed by atoms with E-state index in [-0.39, 0.29) is 11.7 Å². The number of hydrogen-bond acceptors (Lipinski definition) is 5. The fourth-order valence-corrected chi connectivity index (χ4v) is 2.42. The lowest BCUT2D eigenvalue weighted by molar-refractivity contribution is -0.153. The van der Waals surface area contributed by atoms with E-state index in [1.165, 1.54) is 12.1 Å². The van der Waals surface area contributed by atoms with Crippen LogP contribution in [0.1, 0.15) is 50.4 Å². The highest BCUT2D eigenvalue weighted by molar-refractivity contribution is 5.79. The van der Waals surface area contributed by atoms with Crippen LogP contribution in [0.15, 0.2) is 33.8 Å². The third-order valence-corrected chi connectivity index (χ3v) is 3.95. The number of rotatable bonds is 10. The number of ether oxygens (including phenoxy) is 1. The van der Waals surface area contributed by atoms with Crippen LogP contribution in [0, 0.1) is 0 Å². The van der Waals surface area contributed by atoms with Gasteiger partial charge in [0.1, 0.15) is 5.75 Å². The van der Waals surface area contributed by atoms with Gasteiger partial charge in [0.15, 0.2) is 18.4 Å². The summed E-state index contributed by atoms with van der Waals surface area (Å²) in [6.45, 7) is 6.46. The Bertz CT molecular complexity index is 788. The second-order valence-corrected chi connectivity index (χ2v) is 6.97. The van der Waals surface area contributed by atoms with E-state index in [1.54, 1.807) is 12.1 Å². The molecule has 30 heavy (non-hydrogen) atoms. The minimum absolute atomic E-state index is 0.173. The molecule has 1 aromatic carbocycles. The van der Waals surface area contributed by atoms with Gasteiger partial charge in [-0.2, -0.15) is 18.2 Å². The minimum atomic E-state index is -4.35. The fraction of sp³-hybridized carbons (Fsp3) is 0.550. The van der Waals surface area contributed by atoms with Crippen molar-refractivity contribution in [3.05, 3.63) is 41.5 Å². The van der Waals surface area contributed by atoms with Crippen LogP contribution in [0.25, 0.3) is 0 Å². The molecule has 7 nitrogen and oxygen atoms in total. The summed E-state index contributed by atoms with van der Waals surface area (Å²) in [5.41, 5.74) is 0.860. The van der Waals surface area contributed by atoms with Gasteiger partial charge in [-0.15, -0.1) is 0 Å². The van der Waals surface area contributed by atoms with Crippen molar-refractivity contribution >= 4 is 5.96 Å². The molecule has 2 rings (SSSR count). The first-order valence-electron chi connectivity index (χ1n) is 9.90. The Hall–Kier alpha value is -2.78. The second kappa shape index (κ2) is 11.4. The van der Waals surface area contributed by atoms with Gasteiger partial charge in [0.05, 0.1) is 6.54 Å². The van der Waals surface area contributed by atoms with Gasteiger partial charge in [-0.3, -0.25) is 0 Å². The van der Waals surface area contributed by atoms with Crippen LogP contribution in [0.4, 0.5) is 13.2 Å². The number of aromatic nitrogens is 2. The average Bonchev–Trinajstić information content (AvgIpc) is 3.17. The molecule has 0 amide bonds. The molecule has 0 atom stereocenters. The van der Waals surface area contributed by atoms with E-state index in [9.17, 15) is 13.2 Å². The summed E-state index contributed by atoms with van der Waals surface area (Å²) in [7, 11) is 0. The molecule has 0 unspecified atom stereocenters. The Morgan fingerprint density at radius 3 is 2.53 bits per heavy atom. The zero-order chi connectivity index (χ0) is 22.0. The Balaban J connectivity index is 1.78. The summed E-state index contributed by atoms with van der Waals surface area (Å²) in [5.74, 6) is 2.39. The summed E-state index contributed by atoms with van der Waals surface area (Å²) in [6, 6.07) is 6.40. The second-order valence-electron chi connectivity index (χ2n) is 6.97. The number of halogens is 3. The normalized spacial score (nSPS) is 12.3. The average molecular weight is 427 g/mol. The molecule has 0 bridgehead atoms. The maximum Gasteiger partial charge on any atom is 0.422 e. The summed E-state index contributed by atoms with van der Waals surface area (Å²) in [6.07, 6.45) is -2.88. The van der Waals surface area contributed by atoms with Gasteiger partial charge in [0.25, 0.3) is 0 Å². The summed E-state index contributed by atoms with van der Waals surface area (Å²) in [5, 5.41) is 10.3. The third-order valence-electron chi connectivity index (χ3n) is 3.95. The molecule has 0 saturated carbocycles. The third kappa shape index (κ3) is 8.71. The van der Waals surface area contributed by atoms with Crippen molar-refractivity contribution in [2.75, 3.05) is 19.7 Å². The Morgan fingerprint density at radius 1 is 1.20 bits per heavy atom. The van der Waals surface area contributed by atoms with Crippen LogP contribution in [0.5, 0.6) is 5.75 Å². The highest BCUT2D eigenvalue weighted by Gasteiger charge is 2.28. The molecule has 0 saturated heterocycles. The van der Waals surface area contributed by atoms with Crippen molar-refractivity contribution < 1.29 is 22.4 Å². The van der Waals surface area contributed by atoms with E-state index in [1.807, 2.05) is 20.8 Å². The zero-order valence-electron chi connectivity index (χ0n) is 17.4. The number of alkyl halides is 3. The van der Waals surface area contributed by atoms with E-state index >= 15 is 0 Å². The summed E-state index contributed by atoms with van der Waals surface area (Å²) in [4.78, 5) is 8.84. The maximum atomic E-state index is 12.2. The molecule has 0 aliphatic rings. The van der Waals surface area contributed by atoms with Crippen molar-refractivity contribution in [2.45, 2.75) is 52.3 Å². The SMILES string of the molecule is CCNC(=NCc1ccc(OCC(F)(F)F)cc1)NCCCc1nc(C(C)C)no1. The fourth-order valence-electron chi connectivity index (χ4n) is 2.42. The Kier molecular flexibility index (Phi) is 8.94. The van der Waals surface area contributed by atoms with Gasteiger partial charge in [-0.25, -0.2) is 4.99 Å². The quantitative estimate of drug-likeness (QED) is 0.341. The Morgan fingerprint density at radius 2 is 1.93 bits per heavy atom. The van der Waals surface area contributed by atoms with Gasteiger partial charge < -0.3 is 19.9 Å². The number of hydrogen-bond donors (Lipinski definition) is 2. The topological polar surface area (TPSA) is 84.6 Å². The van der Waals surface area contributed by atoms with E-state index in [4.69, 9.17) is 9.26 Å². The van der Waals surface area contributed by atoms with E-state index < -0.39 is 12.8 Å². The number of benzene rings is 1. The van der Waals surface area contributed by atoms with E-state index in [0.717, 1.165) is 12.0 Å². The highest BCUT2D eigenvalue weighted by Crippen LogP contribution is 2.19. The standard InChI is InChI=1S/C20H28F3N5O2/c1-4-24-19(25-11-5-6-17-27-18(14(2)3)28-30-17)26-12-15-7-9-16(10-8-15)29-13-20(21,22)23/h7-10,14H,4-6,11-13H2,1-3H3,(H2,24,25,26). The molecule has 0 aliphatic heterocycles. The van der Waals surface area contributed by atoms with Crippen LogP contribution in [0.2, 0.25) is 0 Å². The lowest BCUT2D eigenvalue weighted by atomic mass is 10.2. The van der Waals surface area contributed by atoms with Crippen molar-refractivity contribution in [1.29, 1.82) is 0 Å². The van der Waals surface area contributed by atoms with E-state index in [2.05, 4.69) is 25.8 Å². The molecule has 0 aliphatic carbocycles. The Labute approximate surface area is 174 Å². The van der Waals surface area contributed by atoms with Crippen LogP contribution < -0.4 is 15.4 Å². The number of nitrogens with one attached hydrogen (secondary N) is 2. The van der Waals surface area contributed by atoms with Gasteiger partial charge in [-0.1, -0.05) is 31.1 Å². The first-order chi connectivity index (χ1) is 14.3. The maximum absolute atomic E-state index is 12.2. The van der Waals surface area contributed by atoms with Gasteiger partial charge in [0, 0.05) is 25.4 Å². The molecule has 10 heteroatoms. The first-order valence-corrected chi connectivity index (χ1v) is 9.90. The van der Waals surface area contributed by atoms with Crippen molar-refractivity contribution in [3.8, 4) is 5.75 Å². The monoisotopic (exact) mass is 427 g/mol. The van der Waals surface area contributed by atoms with Gasteiger partial charge in [0.2, 0.25) is 5.89 Å². The lowest BCUT2D eigenvalue weighted by Crippen LogP contribution is -2.37. The molecule has 2 N–H and O–H groups in total. The predicted molar refractivity (Wildman–Crippen MR) is 108 cm³/mol. The number of aryl methyl sites for hydroxylation is 1. The largest absolute Gasteiger partial charge is 0.484 e. The highest BCUT2D eigenvalue weighted by atomic mass is 19.4. The minimum Gasteiger partial charge on any atom is -0.484 e. The van der Waals surface area contributed by atoms with Crippen molar-refractivity contribution in [3.63, 3.8) is 0 Å². The van der Waals surface area contributed by atoms with Crippen LogP contribution in [-0.2, 0) is 13.0 Å².